The molecule has 2 rings (SSSR count). The highest BCUT2D eigenvalue weighted by Crippen LogP contribution is 2.42. The molecule has 4 heteroatoms. The van der Waals surface area contributed by atoms with Gasteiger partial charge in [-0.15, -0.1) is 11.3 Å². The standard InChI is InChI=1S/C11H15NO2S/c1-12(9-4-2-7-15-9)8-11(10(13)14)5-3-6-11/h2,4,7H,3,5-6,8H2,1H3,(H,13,14). The van der Waals surface area contributed by atoms with Crippen molar-refractivity contribution in [2.75, 3.05) is 18.5 Å². The highest BCUT2D eigenvalue weighted by Gasteiger charge is 2.45. The van der Waals surface area contributed by atoms with Gasteiger partial charge in [-0.25, -0.2) is 0 Å². The molecule has 3 nitrogen and oxygen atoms in total. The molecule has 0 saturated heterocycles. The quantitative estimate of drug-likeness (QED) is 0.855. The SMILES string of the molecule is CN(CC1(C(=O)O)CCC1)c1cccs1. The van der Waals surface area contributed by atoms with Crippen molar-refractivity contribution in [3.05, 3.63) is 17.5 Å². The van der Waals surface area contributed by atoms with E-state index in [0.29, 0.717) is 6.54 Å². The van der Waals surface area contributed by atoms with E-state index in [1.807, 2.05) is 24.6 Å². The predicted octanol–water partition coefficient (Wildman–Crippen LogP) is 2.44. The molecule has 1 heterocycles. The van der Waals surface area contributed by atoms with Gasteiger partial charge in [0.05, 0.1) is 10.4 Å². The monoisotopic (exact) mass is 225 g/mol. The summed E-state index contributed by atoms with van der Waals surface area (Å²) in [5.41, 5.74) is -0.487. The first-order valence-corrected chi connectivity index (χ1v) is 6.00. The summed E-state index contributed by atoms with van der Waals surface area (Å²) in [4.78, 5) is 13.2. The van der Waals surface area contributed by atoms with Gasteiger partial charge < -0.3 is 10.0 Å². The summed E-state index contributed by atoms with van der Waals surface area (Å²) < 4.78 is 0. The Balaban J connectivity index is 2.04. The minimum absolute atomic E-state index is 0.487. The average molecular weight is 225 g/mol. The van der Waals surface area contributed by atoms with Crippen molar-refractivity contribution in [3.8, 4) is 0 Å². The van der Waals surface area contributed by atoms with Gasteiger partial charge in [0.15, 0.2) is 0 Å². The lowest BCUT2D eigenvalue weighted by atomic mass is 9.68. The second-order valence-electron chi connectivity index (χ2n) is 4.25. The fourth-order valence-electron chi connectivity index (χ4n) is 2.06. The van der Waals surface area contributed by atoms with E-state index in [2.05, 4.69) is 4.90 Å². The van der Waals surface area contributed by atoms with Crippen LogP contribution in [0.3, 0.4) is 0 Å². The first-order valence-electron chi connectivity index (χ1n) is 5.12. The van der Waals surface area contributed by atoms with Crippen LogP contribution in [0.1, 0.15) is 19.3 Å². The van der Waals surface area contributed by atoms with Crippen molar-refractivity contribution < 1.29 is 9.90 Å². The molecule has 1 aromatic rings. The van der Waals surface area contributed by atoms with Gasteiger partial charge in [0, 0.05) is 13.6 Å². The van der Waals surface area contributed by atoms with Crippen LogP contribution in [0.2, 0.25) is 0 Å². The molecule has 0 aromatic carbocycles. The van der Waals surface area contributed by atoms with Gasteiger partial charge in [0.25, 0.3) is 0 Å². The molecule has 1 fully saturated rings. The largest absolute Gasteiger partial charge is 0.481 e. The molecule has 0 aliphatic heterocycles. The smallest absolute Gasteiger partial charge is 0.311 e. The average Bonchev–Trinajstić information content (AvgIpc) is 2.62. The lowest BCUT2D eigenvalue weighted by Gasteiger charge is -2.40. The number of anilines is 1. The molecule has 0 unspecified atom stereocenters. The number of thiophene rings is 1. The Morgan fingerprint density at radius 3 is 2.80 bits per heavy atom. The first kappa shape index (κ1) is 10.5. The van der Waals surface area contributed by atoms with E-state index >= 15 is 0 Å². The topological polar surface area (TPSA) is 40.5 Å². The third kappa shape index (κ3) is 1.86. The molecular weight excluding hydrogens is 210 g/mol. The van der Waals surface area contributed by atoms with Gasteiger partial charge in [0.2, 0.25) is 0 Å². The normalized spacial score (nSPS) is 18.2. The Hall–Kier alpha value is -1.03. The van der Waals surface area contributed by atoms with Crippen LogP contribution in [0.15, 0.2) is 17.5 Å². The third-order valence-electron chi connectivity index (χ3n) is 3.19. The maximum absolute atomic E-state index is 11.2. The summed E-state index contributed by atoms with van der Waals surface area (Å²) in [6.07, 6.45) is 2.68. The van der Waals surface area contributed by atoms with Crippen molar-refractivity contribution >= 4 is 22.3 Å². The Morgan fingerprint density at radius 2 is 2.40 bits per heavy atom. The Kier molecular flexibility index (Phi) is 2.69. The van der Waals surface area contributed by atoms with Crippen LogP contribution < -0.4 is 4.90 Å². The highest BCUT2D eigenvalue weighted by atomic mass is 32.1. The Morgan fingerprint density at radius 1 is 1.67 bits per heavy atom. The number of carboxylic acids is 1. The van der Waals surface area contributed by atoms with Crippen molar-refractivity contribution in [1.82, 2.24) is 0 Å². The zero-order valence-electron chi connectivity index (χ0n) is 8.77. The molecular formula is C11H15NO2S. The van der Waals surface area contributed by atoms with Gasteiger partial charge in [0.1, 0.15) is 0 Å². The second kappa shape index (κ2) is 3.85. The molecule has 1 aliphatic carbocycles. The number of carboxylic acid groups (broad SMARTS) is 1. The summed E-state index contributed by atoms with van der Waals surface area (Å²) in [7, 11) is 1.97. The zero-order valence-corrected chi connectivity index (χ0v) is 9.59. The molecule has 0 radical (unpaired) electrons. The number of aliphatic carboxylic acids is 1. The van der Waals surface area contributed by atoms with Gasteiger partial charge in [-0.3, -0.25) is 4.79 Å². The van der Waals surface area contributed by atoms with Gasteiger partial charge in [-0.1, -0.05) is 6.42 Å². The van der Waals surface area contributed by atoms with E-state index < -0.39 is 11.4 Å². The number of carbonyl (C=O) groups is 1. The van der Waals surface area contributed by atoms with E-state index in [0.717, 1.165) is 24.3 Å². The minimum atomic E-state index is -0.642. The maximum atomic E-state index is 11.2. The molecule has 0 amide bonds. The lowest BCUT2D eigenvalue weighted by Crippen LogP contribution is -2.46. The van der Waals surface area contributed by atoms with Crippen molar-refractivity contribution in [2.24, 2.45) is 5.41 Å². The van der Waals surface area contributed by atoms with E-state index in [1.54, 1.807) is 11.3 Å². The van der Waals surface area contributed by atoms with Gasteiger partial charge in [-0.05, 0) is 30.4 Å². The van der Waals surface area contributed by atoms with Crippen LogP contribution in [-0.4, -0.2) is 24.7 Å². The van der Waals surface area contributed by atoms with E-state index in [1.165, 1.54) is 0 Å². The molecule has 1 saturated carbocycles. The molecule has 82 valence electrons. The van der Waals surface area contributed by atoms with Crippen LogP contribution in [0.5, 0.6) is 0 Å². The summed E-state index contributed by atoms with van der Waals surface area (Å²) in [6, 6.07) is 4.02. The van der Waals surface area contributed by atoms with E-state index in [4.69, 9.17) is 0 Å². The van der Waals surface area contributed by atoms with Crippen LogP contribution in [-0.2, 0) is 4.79 Å². The summed E-state index contributed by atoms with van der Waals surface area (Å²) in [5, 5.41) is 12.4. The minimum Gasteiger partial charge on any atom is -0.481 e. The lowest BCUT2D eigenvalue weighted by molar-refractivity contribution is -0.153. The molecule has 1 aliphatic rings. The number of nitrogens with zero attached hydrogens (tertiary/aromatic N) is 1. The van der Waals surface area contributed by atoms with Gasteiger partial charge in [-0.2, -0.15) is 0 Å². The van der Waals surface area contributed by atoms with Crippen molar-refractivity contribution in [3.63, 3.8) is 0 Å². The molecule has 0 spiro atoms. The molecule has 1 N–H and O–H groups in total. The molecule has 1 aromatic heterocycles. The zero-order chi connectivity index (χ0) is 10.9. The van der Waals surface area contributed by atoms with Crippen molar-refractivity contribution in [2.45, 2.75) is 19.3 Å². The second-order valence-corrected chi connectivity index (χ2v) is 5.17. The summed E-state index contributed by atoms with van der Waals surface area (Å²) in [5.74, 6) is -0.642. The highest BCUT2D eigenvalue weighted by molar-refractivity contribution is 7.14. The summed E-state index contributed by atoms with van der Waals surface area (Å²) in [6.45, 7) is 0.628. The van der Waals surface area contributed by atoms with Crippen LogP contribution >= 0.6 is 11.3 Å². The Bertz CT molecular complexity index is 343. The van der Waals surface area contributed by atoms with Gasteiger partial charge >= 0.3 is 5.97 Å². The third-order valence-corrected chi connectivity index (χ3v) is 4.17. The summed E-state index contributed by atoms with van der Waals surface area (Å²) >= 11 is 1.65. The molecule has 0 atom stereocenters. The van der Waals surface area contributed by atoms with Crippen LogP contribution in [0, 0.1) is 5.41 Å². The van der Waals surface area contributed by atoms with Crippen molar-refractivity contribution in [1.29, 1.82) is 0 Å². The fraction of sp³-hybridized carbons (Fsp3) is 0.545. The number of rotatable bonds is 4. The Labute approximate surface area is 93.3 Å². The van der Waals surface area contributed by atoms with E-state index in [9.17, 15) is 9.90 Å². The van der Waals surface area contributed by atoms with Crippen LogP contribution in [0.4, 0.5) is 5.00 Å². The fourth-order valence-corrected chi connectivity index (χ4v) is 2.76. The molecule has 0 bridgehead atoms. The first-order chi connectivity index (χ1) is 7.14. The van der Waals surface area contributed by atoms with E-state index in [-0.39, 0.29) is 0 Å². The maximum Gasteiger partial charge on any atom is 0.311 e. The molecule has 15 heavy (non-hydrogen) atoms. The van der Waals surface area contributed by atoms with Crippen LogP contribution in [0.25, 0.3) is 0 Å². The number of hydrogen-bond acceptors (Lipinski definition) is 3. The number of hydrogen-bond donors (Lipinski definition) is 1. The predicted molar refractivity (Wildman–Crippen MR) is 61.5 cm³/mol.